The fraction of sp³-hybridized carbons (Fsp3) is 0.667. The molecule has 0 spiro atoms. The summed E-state index contributed by atoms with van der Waals surface area (Å²) in [5.41, 5.74) is 0. The molecule has 1 aliphatic rings. The van der Waals surface area contributed by atoms with E-state index in [1.807, 2.05) is 19.0 Å². The lowest BCUT2D eigenvalue weighted by Crippen LogP contribution is -2.13. The second kappa shape index (κ2) is 4.32. The molecule has 0 radical (unpaired) electrons. The zero-order valence-electron chi connectivity index (χ0n) is 8.77. The number of rotatable bonds is 3. The Hall–Kier alpha value is -0.880. The maximum absolute atomic E-state index is 11.4. The summed E-state index contributed by atoms with van der Waals surface area (Å²) < 4.78 is 5.10. The molecule has 5 nitrogen and oxygen atoms in total. The maximum Gasteiger partial charge on any atom is 0.238 e. The number of aromatic nitrogens is 2. The van der Waals surface area contributed by atoms with E-state index in [4.69, 9.17) is 4.52 Å². The first-order chi connectivity index (χ1) is 7.16. The molecule has 0 bridgehead atoms. The monoisotopic (exact) mass is 227 g/mol. The molecule has 0 N–H and O–H groups in total. The summed E-state index contributed by atoms with van der Waals surface area (Å²) >= 11 is 1.62. The molecule has 1 aromatic heterocycles. The van der Waals surface area contributed by atoms with E-state index in [9.17, 15) is 4.79 Å². The van der Waals surface area contributed by atoms with Crippen LogP contribution in [-0.2, 0) is 11.3 Å². The summed E-state index contributed by atoms with van der Waals surface area (Å²) in [5, 5.41) is 3.85. The number of thioether (sulfide) groups is 1. The molecule has 2 heterocycles. The van der Waals surface area contributed by atoms with Gasteiger partial charge in [-0.25, -0.2) is 0 Å². The van der Waals surface area contributed by atoms with Gasteiger partial charge in [0.2, 0.25) is 5.89 Å². The summed E-state index contributed by atoms with van der Waals surface area (Å²) in [6, 6.07) is 0. The highest BCUT2D eigenvalue weighted by Crippen LogP contribution is 2.28. The third-order valence-corrected chi connectivity index (χ3v) is 3.21. The van der Waals surface area contributed by atoms with Gasteiger partial charge in [-0.2, -0.15) is 16.7 Å². The highest BCUT2D eigenvalue weighted by atomic mass is 32.2. The average molecular weight is 227 g/mol. The molecule has 1 aromatic rings. The molecular weight excluding hydrogens is 214 g/mol. The third kappa shape index (κ3) is 2.38. The van der Waals surface area contributed by atoms with Crippen LogP contribution in [0.2, 0.25) is 0 Å². The van der Waals surface area contributed by atoms with Crippen molar-refractivity contribution >= 4 is 17.5 Å². The Morgan fingerprint density at radius 2 is 2.40 bits per heavy atom. The minimum Gasteiger partial charge on any atom is -0.338 e. The molecule has 6 heteroatoms. The molecule has 15 heavy (non-hydrogen) atoms. The van der Waals surface area contributed by atoms with E-state index in [1.165, 1.54) is 0 Å². The number of hydrogen-bond acceptors (Lipinski definition) is 6. The van der Waals surface area contributed by atoms with Crippen LogP contribution in [0.3, 0.4) is 0 Å². The Bertz CT molecular complexity index is 364. The van der Waals surface area contributed by atoms with E-state index in [2.05, 4.69) is 10.1 Å². The third-order valence-electron chi connectivity index (χ3n) is 2.16. The van der Waals surface area contributed by atoms with Crippen molar-refractivity contribution in [2.75, 3.05) is 25.6 Å². The average Bonchev–Trinajstić information content (AvgIpc) is 2.72. The number of carbonyl (C=O) groups is 1. The zero-order valence-corrected chi connectivity index (χ0v) is 9.58. The lowest BCUT2D eigenvalue weighted by atomic mass is 10.1. The number of Topliss-reactive ketones (excluding diaryl/α,β-unsaturated/α-hetero) is 1. The zero-order chi connectivity index (χ0) is 10.8. The molecule has 1 fully saturated rings. The van der Waals surface area contributed by atoms with Crippen molar-refractivity contribution in [3.8, 4) is 0 Å². The van der Waals surface area contributed by atoms with E-state index in [0.29, 0.717) is 24.0 Å². The van der Waals surface area contributed by atoms with Gasteiger partial charge in [0.1, 0.15) is 5.92 Å². The maximum atomic E-state index is 11.4. The molecule has 0 aromatic carbocycles. The molecular formula is C9H13N3O2S. The predicted octanol–water partition coefficient (Wildman–Crippen LogP) is 0.531. The quantitative estimate of drug-likeness (QED) is 0.750. The van der Waals surface area contributed by atoms with Crippen molar-refractivity contribution in [2.24, 2.45) is 0 Å². The Labute approximate surface area is 92.2 Å². The van der Waals surface area contributed by atoms with E-state index in [0.717, 1.165) is 5.75 Å². The Morgan fingerprint density at radius 1 is 1.60 bits per heavy atom. The van der Waals surface area contributed by atoms with Gasteiger partial charge in [0.05, 0.1) is 12.3 Å². The van der Waals surface area contributed by atoms with Crippen LogP contribution < -0.4 is 0 Å². The van der Waals surface area contributed by atoms with Crippen molar-refractivity contribution < 1.29 is 9.32 Å². The number of nitrogens with zero attached hydrogens (tertiary/aromatic N) is 3. The first kappa shape index (κ1) is 10.6. The first-order valence-electron chi connectivity index (χ1n) is 4.74. The molecule has 1 unspecified atom stereocenters. The molecule has 2 rings (SSSR count). The van der Waals surface area contributed by atoms with Crippen LogP contribution in [0.5, 0.6) is 0 Å². The van der Waals surface area contributed by atoms with Gasteiger partial charge in [0.15, 0.2) is 11.6 Å². The van der Waals surface area contributed by atoms with Gasteiger partial charge in [0.25, 0.3) is 0 Å². The summed E-state index contributed by atoms with van der Waals surface area (Å²) in [4.78, 5) is 17.6. The van der Waals surface area contributed by atoms with Gasteiger partial charge in [-0.15, -0.1) is 0 Å². The van der Waals surface area contributed by atoms with Crippen molar-refractivity contribution in [3.05, 3.63) is 11.7 Å². The minimum atomic E-state index is -0.182. The van der Waals surface area contributed by atoms with Crippen molar-refractivity contribution in [1.29, 1.82) is 0 Å². The lowest BCUT2D eigenvalue weighted by Gasteiger charge is -2.03. The van der Waals surface area contributed by atoms with E-state index in [-0.39, 0.29) is 11.7 Å². The second-order valence-corrected chi connectivity index (χ2v) is 4.85. The molecule has 0 amide bonds. The van der Waals surface area contributed by atoms with Gasteiger partial charge in [-0.1, -0.05) is 5.16 Å². The van der Waals surface area contributed by atoms with Crippen LogP contribution in [0.15, 0.2) is 4.52 Å². The number of hydrogen-bond donors (Lipinski definition) is 0. The first-order valence-corrected chi connectivity index (χ1v) is 5.90. The Morgan fingerprint density at radius 3 is 3.00 bits per heavy atom. The molecule has 82 valence electrons. The molecule has 1 saturated heterocycles. The molecule has 1 atom stereocenters. The van der Waals surface area contributed by atoms with Crippen molar-refractivity contribution in [2.45, 2.75) is 12.5 Å². The molecule has 0 saturated carbocycles. The lowest BCUT2D eigenvalue weighted by molar-refractivity contribution is -0.117. The van der Waals surface area contributed by atoms with Crippen LogP contribution in [0.4, 0.5) is 0 Å². The minimum absolute atomic E-state index is 0.182. The van der Waals surface area contributed by atoms with Crippen LogP contribution in [0.1, 0.15) is 17.6 Å². The predicted molar refractivity (Wildman–Crippen MR) is 56.8 cm³/mol. The standard InChI is InChI=1S/C9H13N3O2S/c1-12(2)3-8-10-9(14-11-8)6-4-15-5-7(6)13/h6H,3-5H2,1-2H3. The fourth-order valence-corrected chi connectivity index (χ4v) is 2.52. The van der Waals surface area contributed by atoms with E-state index < -0.39 is 0 Å². The Balaban J connectivity index is 2.09. The van der Waals surface area contributed by atoms with Crippen LogP contribution >= 0.6 is 11.8 Å². The van der Waals surface area contributed by atoms with E-state index >= 15 is 0 Å². The van der Waals surface area contributed by atoms with Gasteiger partial charge in [-0.3, -0.25) is 4.79 Å². The van der Waals surface area contributed by atoms with Gasteiger partial charge < -0.3 is 9.42 Å². The summed E-state index contributed by atoms with van der Waals surface area (Å²) in [6.45, 7) is 0.636. The fourth-order valence-electron chi connectivity index (χ4n) is 1.44. The smallest absolute Gasteiger partial charge is 0.238 e. The topological polar surface area (TPSA) is 59.2 Å². The van der Waals surface area contributed by atoms with Gasteiger partial charge >= 0.3 is 0 Å². The van der Waals surface area contributed by atoms with E-state index in [1.54, 1.807) is 11.8 Å². The van der Waals surface area contributed by atoms with Crippen molar-refractivity contribution in [1.82, 2.24) is 15.0 Å². The summed E-state index contributed by atoms with van der Waals surface area (Å²) in [7, 11) is 3.87. The highest BCUT2D eigenvalue weighted by molar-refractivity contribution is 8.00. The second-order valence-electron chi connectivity index (χ2n) is 3.82. The van der Waals surface area contributed by atoms with Crippen LogP contribution in [0, 0.1) is 0 Å². The Kier molecular flexibility index (Phi) is 3.06. The SMILES string of the molecule is CN(C)Cc1noc(C2CSCC2=O)n1. The highest BCUT2D eigenvalue weighted by Gasteiger charge is 2.31. The van der Waals surface area contributed by atoms with Crippen LogP contribution in [0.25, 0.3) is 0 Å². The number of carbonyl (C=O) groups excluding carboxylic acids is 1. The number of ketones is 1. The molecule has 1 aliphatic heterocycles. The summed E-state index contributed by atoms with van der Waals surface area (Å²) in [6.07, 6.45) is 0. The summed E-state index contributed by atoms with van der Waals surface area (Å²) in [5.74, 6) is 2.46. The van der Waals surface area contributed by atoms with Gasteiger partial charge in [0, 0.05) is 5.75 Å². The van der Waals surface area contributed by atoms with Gasteiger partial charge in [-0.05, 0) is 14.1 Å². The molecule has 0 aliphatic carbocycles. The van der Waals surface area contributed by atoms with Crippen LogP contribution in [-0.4, -0.2) is 46.4 Å². The normalized spacial score (nSPS) is 21.5. The largest absolute Gasteiger partial charge is 0.338 e. The van der Waals surface area contributed by atoms with Crippen molar-refractivity contribution in [3.63, 3.8) is 0 Å².